The smallest absolute Gasteiger partial charge is 0.254 e. The van der Waals surface area contributed by atoms with Crippen LogP contribution in [-0.4, -0.2) is 23.2 Å². The molecule has 1 heterocycles. The van der Waals surface area contributed by atoms with Crippen molar-refractivity contribution in [3.63, 3.8) is 0 Å². The number of nitrogens with two attached hydrogens (primary N) is 1. The van der Waals surface area contributed by atoms with Crippen LogP contribution in [0.4, 0.5) is 5.82 Å². The third-order valence-electron chi connectivity index (χ3n) is 5.07. The molecule has 0 aliphatic rings. The molecule has 146 valence electrons. The Morgan fingerprint density at radius 2 is 1.75 bits per heavy atom. The van der Waals surface area contributed by atoms with Crippen molar-refractivity contribution in [3.8, 4) is 5.75 Å². The second kappa shape index (κ2) is 8.17. The molecule has 0 aliphatic heterocycles. The van der Waals surface area contributed by atoms with Gasteiger partial charge in [-0.25, -0.2) is 0 Å². The molecule has 0 fully saturated rings. The number of primary amides is 1. The molecule has 0 saturated heterocycles. The number of nitrogens with one attached hydrogen (secondary N) is 2. The highest BCUT2D eigenvalue weighted by atomic mass is 16.5. The lowest BCUT2D eigenvalue weighted by Gasteiger charge is -2.10. The summed E-state index contributed by atoms with van der Waals surface area (Å²) in [5, 5.41) is 10.5. The fraction of sp³-hybridized carbons (Fsp3) is 0.273. The van der Waals surface area contributed by atoms with Crippen molar-refractivity contribution in [2.45, 2.75) is 33.7 Å². The van der Waals surface area contributed by atoms with E-state index in [9.17, 15) is 4.79 Å². The van der Waals surface area contributed by atoms with Crippen molar-refractivity contribution >= 4 is 11.7 Å². The Morgan fingerprint density at radius 3 is 2.32 bits per heavy atom. The number of carbonyl (C=O) groups is 1. The zero-order valence-electron chi connectivity index (χ0n) is 16.7. The van der Waals surface area contributed by atoms with E-state index in [2.05, 4.69) is 48.4 Å². The van der Waals surface area contributed by atoms with Crippen LogP contribution in [-0.2, 0) is 13.0 Å². The number of hydrogen-bond donors (Lipinski definition) is 3. The number of aromatic amines is 1. The third-order valence-corrected chi connectivity index (χ3v) is 5.07. The molecule has 0 radical (unpaired) electrons. The largest absolute Gasteiger partial charge is 0.497 e. The zero-order valence-corrected chi connectivity index (χ0v) is 16.7. The molecule has 6 heteroatoms. The van der Waals surface area contributed by atoms with Gasteiger partial charge in [0.15, 0.2) is 5.82 Å². The highest BCUT2D eigenvalue weighted by Crippen LogP contribution is 2.22. The summed E-state index contributed by atoms with van der Waals surface area (Å²) in [6.07, 6.45) is 0.527. The van der Waals surface area contributed by atoms with Crippen molar-refractivity contribution in [1.29, 1.82) is 0 Å². The molecule has 4 N–H and O–H groups in total. The molecule has 0 bridgehead atoms. The van der Waals surface area contributed by atoms with Gasteiger partial charge in [-0.3, -0.25) is 9.89 Å². The van der Waals surface area contributed by atoms with Crippen LogP contribution in [0, 0.1) is 20.8 Å². The maximum atomic E-state index is 12.1. The van der Waals surface area contributed by atoms with Gasteiger partial charge in [-0.2, -0.15) is 5.10 Å². The Bertz CT molecular complexity index is 967. The summed E-state index contributed by atoms with van der Waals surface area (Å²) in [5.41, 5.74) is 12.7. The first-order valence-electron chi connectivity index (χ1n) is 9.19. The van der Waals surface area contributed by atoms with Crippen molar-refractivity contribution in [1.82, 2.24) is 10.2 Å². The summed E-state index contributed by atoms with van der Waals surface area (Å²) in [6, 6.07) is 12.0. The number of nitrogens with zero attached hydrogens (tertiary/aromatic N) is 1. The van der Waals surface area contributed by atoms with Gasteiger partial charge in [-0.1, -0.05) is 24.3 Å². The van der Waals surface area contributed by atoms with Gasteiger partial charge in [0.25, 0.3) is 5.91 Å². The molecular formula is C22H26N4O2. The standard InChI is InChI=1S/C22H26N4O2/c1-13-9-17(10-14(2)15(13)3)12-24-22-20(21(23)27)19(25-26-22)11-16-5-7-18(28-4)8-6-16/h5-10H,11-12H2,1-4H3,(H2,23,27)(H2,24,25,26). The van der Waals surface area contributed by atoms with E-state index in [1.54, 1.807) is 7.11 Å². The van der Waals surface area contributed by atoms with Gasteiger partial charge < -0.3 is 15.8 Å². The molecule has 28 heavy (non-hydrogen) atoms. The first-order chi connectivity index (χ1) is 13.4. The number of aromatic nitrogens is 2. The van der Waals surface area contributed by atoms with Crippen LogP contribution in [0.1, 0.15) is 43.9 Å². The molecule has 3 rings (SSSR count). The quantitative estimate of drug-likeness (QED) is 0.585. The molecule has 1 amide bonds. The predicted molar refractivity (Wildman–Crippen MR) is 111 cm³/mol. The molecule has 2 aromatic carbocycles. The summed E-state index contributed by atoms with van der Waals surface area (Å²) in [7, 11) is 1.63. The number of amides is 1. The first kappa shape index (κ1) is 19.5. The average molecular weight is 378 g/mol. The normalized spacial score (nSPS) is 10.7. The van der Waals surface area contributed by atoms with Crippen molar-refractivity contribution in [2.24, 2.45) is 5.73 Å². The number of methoxy groups -OCH3 is 1. The van der Waals surface area contributed by atoms with Gasteiger partial charge in [0.05, 0.1) is 12.8 Å². The second-order valence-corrected chi connectivity index (χ2v) is 7.02. The van der Waals surface area contributed by atoms with Gasteiger partial charge in [-0.15, -0.1) is 0 Å². The number of ether oxygens (including phenoxy) is 1. The van der Waals surface area contributed by atoms with E-state index in [1.165, 1.54) is 16.7 Å². The fourth-order valence-corrected chi connectivity index (χ4v) is 3.26. The van der Waals surface area contributed by atoms with Crippen LogP contribution in [0.2, 0.25) is 0 Å². The van der Waals surface area contributed by atoms with E-state index in [-0.39, 0.29) is 0 Å². The van der Waals surface area contributed by atoms with Crippen LogP contribution in [0.5, 0.6) is 5.75 Å². The van der Waals surface area contributed by atoms with Crippen molar-refractivity contribution < 1.29 is 9.53 Å². The Hall–Kier alpha value is -3.28. The van der Waals surface area contributed by atoms with Crippen LogP contribution in [0.15, 0.2) is 36.4 Å². The Labute approximate surface area is 165 Å². The Kier molecular flexibility index (Phi) is 5.68. The lowest BCUT2D eigenvalue weighted by Crippen LogP contribution is -2.15. The number of carbonyl (C=O) groups excluding carboxylic acids is 1. The molecule has 0 saturated carbocycles. The number of hydrogen-bond acceptors (Lipinski definition) is 4. The van der Waals surface area contributed by atoms with E-state index >= 15 is 0 Å². The minimum Gasteiger partial charge on any atom is -0.497 e. The van der Waals surface area contributed by atoms with Gasteiger partial charge >= 0.3 is 0 Å². The van der Waals surface area contributed by atoms with Gasteiger partial charge in [0.1, 0.15) is 11.3 Å². The number of benzene rings is 2. The topological polar surface area (TPSA) is 93.0 Å². The number of anilines is 1. The minimum absolute atomic E-state index is 0.399. The Morgan fingerprint density at radius 1 is 1.11 bits per heavy atom. The first-order valence-corrected chi connectivity index (χ1v) is 9.19. The zero-order chi connectivity index (χ0) is 20.3. The molecular weight excluding hydrogens is 352 g/mol. The summed E-state index contributed by atoms with van der Waals surface area (Å²) in [5.74, 6) is 0.762. The van der Waals surface area contributed by atoms with E-state index in [0.717, 1.165) is 16.9 Å². The summed E-state index contributed by atoms with van der Waals surface area (Å²) in [4.78, 5) is 12.1. The third kappa shape index (κ3) is 4.17. The lowest BCUT2D eigenvalue weighted by molar-refractivity contribution is 0.100. The van der Waals surface area contributed by atoms with Crippen LogP contribution in [0.25, 0.3) is 0 Å². The Balaban J connectivity index is 1.79. The van der Waals surface area contributed by atoms with E-state index in [0.29, 0.717) is 30.0 Å². The van der Waals surface area contributed by atoms with Crippen LogP contribution in [0.3, 0.4) is 0 Å². The molecule has 0 spiro atoms. The molecule has 0 atom stereocenters. The number of rotatable bonds is 7. The monoisotopic (exact) mass is 378 g/mol. The van der Waals surface area contributed by atoms with Gasteiger partial charge in [-0.05, 0) is 60.7 Å². The maximum Gasteiger partial charge on any atom is 0.254 e. The average Bonchev–Trinajstić information content (AvgIpc) is 3.07. The molecule has 0 aliphatic carbocycles. The highest BCUT2D eigenvalue weighted by Gasteiger charge is 2.18. The lowest BCUT2D eigenvalue weighted by atomic mass is 10.0. The minimum atomic E-state index is -0.504. The van der Waals surface area contributed by atoms with Crippen molar-refractivity contribution in [3.05, 3.63) is 75.5 Å². The van der Waals surface area contributed by atoms with Crippen LogP contribution < -0.4 is 15.8 Å². The van der Waals surface area contributed by atoms with Crippen molar-refractivity contribution in [2.75, 3.05) is 12.4 Å². The fourth-order valence-electron chi connectivity index (χ4n) is 3.26. The van der Waals surface area contributed by atoms with E-state index < -0.39 is 5.91 Å². The number of H-pyrrole nitrogens is 1. The molecule has 6 nitrogen and oxygen atoms in total. The van der Waals surface area contributed by atoms with Crippen LogP contribution >= 0.6 is 0 Å². The second-order valence-electron chi connectivity index (χ2n) is 7.02. The number of aryl methyl sites for hydroxylation is 2. The highest BCUT2D eigenvalue weighted by molar-refractivity contribution is 5.98. The van der Waals surface area contributed by atoms with E-state index in [1.807, 2.05) is 24.3 Å². The molecule has 0 unspecified atom stereocenters. The molecule has 3 aromatic rings. The summed E-state index contributed by atoms with van der Waals surface area (Å²) >= 11 is 0. The SMILES string of the molecule is COc1ccc(Cc2[nH]nc(NCc3cc(C)c(C)c(C)c3)c2C(N)=O)cc1. The van der Waals surface area contributed by atoms with Gasteiger partial charge in [0.2, 0.25) is 0 Å². The molecule has 1 aromatic heterocycles. The predicted octanol–water partition coefficient (Wildman–Crippen LogP) is 3.65. The van der Waals surface area contributed by atoms with Gasteiger partial charge in [0, 0.05) is 13.0 Å². The van der Waals surface area contributed by atoms with E-state index in [4.69, 9.17) is 10.5 Å². The summed E-state index contributed by atoms with van der Waals surface area (Å²) < 4.78 is 5.18. The summed E-state index contributed by atoms with van der Waals surface area (Å²) in [6.45, 7) is 6.88. The maximum absolute atomic E-state index is 12.1.